The summed E-state index contributed by atoms with van der Waals surface area (Å²) >= 11 is 11.9. The highest BCUT2D eigenvalue weighted by atomic mass is 35.5. The van der Waals surface area contributed by atoms with Crippen LogP contribution in [0.4, 0.5) is 5.69 Å². The lowest BCUT2D eigenvalue weighted by molar-refractivity contribution is -0.383. The Labute approximate surface area is 122 Å². The van der Waals surface area contributed by atoms with Crippen LogP contribution in [-0.2, 0) is 0 Å². The van der Waals surface area contributed by atoms with Crippen LogP contribution in [0.25, 0.3) is 17.0 Å². The van der Waals surface area contributed by atoms with E-state index in [2.05, 4.69) is 10.1 Å². The molecule has 0 amide bonds. The lowest BCUT2D eigenvalue weighted by atomic mass is 10.2. The van der Waals surface area contributed by atoms with Crippen LogP contribution >= 0.6 is 23.2 Å². The Bertz CT molecular complexity index is 811. The van der Waals surface area contributed by atoms with E-state index in [-0.39, 0.29) is 11.3 Å². The fourth-order valence-electron chi connectivity index (χ4n) is 1.84. The van der Waals surface area contributed by atoms with Gasteiger partial charge in [0, 0.05) is 27.9 Å². The summed E-state index contributed by atoms with van der Waals surface area (Å²) in [6.07, 6.45) is 1.59. The number of nitrogens with zero attached hydrogens (tertiary/aromatic N) is 4. The van der Waals surface area contributed by atoms with Gasteiger partial charge >= 0.3 is 5.69 Å². The van der Waals surface area contributed by atoms with Crippen molar-refractivity contribution in [3.8, 4) is 11.4 Å². The summed E-state index contributed by atoms with van der Waals surface area (Å²) in [6.45, 7) is 0. The predicted molar refractivity (Wildman–Crippen MR) is 75.1 cm³/mol. The molecule has 0 spiro atoms. The van der Waals surface area contributed by atoms with Crippen molar-refractivity contribution in [2.75, 3.05) is 0 Å². The molecule has 0 fully saturated rings. The summed E-state index contributed by atoms with van der Waals surface area (Å²) in [5, 5.41) is 16.0. The maximum absolute atomic E-state index is 11.0. The summed E-state index contributed by atoms with van der Waals surface area (Å²) in [5.74, 6) is 0.323. The van der Waals surface area contributed by atoms with Gasteiger partial charge in [0.15, 0.2) is 5.82 Å². The summed E-state index contributed by atoms with van der Waals surface area (Å²) in [7, 11) is 0. The van der Waals surface area contributed by atoms with Gasteiger partial charge in [0.05, 0.1) is 4.92 Å². The van der Waals surface area contributed by atoms with Crippen molar-refractivity contribution in [1.29, 1.82) is 0 Å². The second kappa shape index (κ2) is 4.73. The average Bonchev–Trinajstić information content (AvgIpc) is 2.80. The van der Waals surface area contributed by atoms with E-state index in [1.54, 1.807) is 24.4 Å². The first kappa shape index (κ1) is 12.8. The van der Waals surface area contributed by atoms with Crippen LogP contribution in [-0.4, -0.2) is 19.5 Å². The smallest absolute Gasteiger partial charge is 0.258 e. The number of pyridine rings is 1. The maximum Gasteiger partial charge on any atom is 0.313 e. The van der Waals surface area contributed by atoms with Gasteiger partial charge in [-0.2, -0.15) is 0 Å². The molecule has 0 N–H and O–H groups in total. The van der Waals surface area contributed by atoms with Crippen molar-refractivity contribution in [2.24, 2.45) is 0 Å². The highest BCUT2D eigenvalue weighted by Gasteiger charge is 2.17. The van der Waals surface area contributed by atoms with Gasteiger partial charge in [-0.1, -0.05) is 23.2 Å². The van der Waals surface area contributed by atoms with Crippen LogP contribution in [0.15, 0.2) is 36.5 Å². The van der Waals surface area contributed by atoms with E-state index in [1.165, 1.54) is 16.6 Å². The molecule has 3 aromatic rings. The van der Waals surface area contributed by atoms with Gasteiger partial charge < -0.3 is 0 Å². The van der Waals surface area contributed by atoms with Crippen molar-refractivity contribution < 1.29 is 4.92 Å². The number of rotatable bonds is 2. The molecule has 6 nitrogen and oxygen atoms in total. The molecule has 8 heteroatoms. The van der Waals surface area contributed by atoms with Crippen molar-refractivity contribution in [2.45, 2.75) is 0 Å². The minimum Gasteiger partial charge on any atom is -0.258 e. The fourth-order valence-corrected chi connectivity index (χ4v) is 2.37. The fraction of sp³-hybridized carbons (Fsp3) is 0. The van der Waals surface area contributed by atoms with Gasteiger partial charge in [0.1, 0.15) is 0 Å². The zero-order chi connectivity index (χ0) is 14.3. The van der Waals surface area contributed by atoms with E-state index in [1.807, 2.05) is 0 Å². The van der Waals surface area contributed by atoms with E-state index >= 15 is 0 Å². The third kappa shape index (κ3) is 2.19. The van der Waals surface area contributed by atoms with Crippen LogP contribution in [0.1, 0.15) is 0 Å². The molecule has 20 heavy (non-hydrogen) atoms. The minimum atomic E-state index is -0.501. The number of hydrogen-bond acceptors (Lipinski definition) is 4. The molecule has 2 heterocycles. The molecular formula is C12H6Cl2N4O2. The monoisotopic (exact) mass is 308 g/mol. The largest absolute Gasteiger partial charge is 0.313 e. The van der Waals surface area contributed by atoms with Crippen LogP contribution in [0, 0.1) is 10.1 Å². The summed E-state index contributed by atoms with van der Waals surface area (Å²) in [4.78, 5) is 14.6. The molecule has 1 aromatic carbocycles. The Kier molecular flexibility index (Phi) is 3.04. The van der Waals surface area contributed by atoms with E-state index in [9.17, 15) is 10.1 Å². The lowest BCUT2D eigenvalue weighted by Gasteiger charge is -1.97. The van der Waals surface area contributed by atoms with Crippen molar-refractivity contribution in [1.82, 2.24) is 14.6 Å². The molecule has 0 aliphatic heterocycles. The van der Waals surface area contributed by atoms with Crippen LogP contribution in [0.2, 0.25) is 10.0 Å². The predicted octanol–water partition coefficient (Wildman–Crippen LogP) is 3.61. The highest BCUT2D eigenvalue weighted by Crippen LogP contribution is 2.27. The molecule has 0 bridgehead atoms. The SMILES string of the molecule is O=[N+]([O-])c1cccn2nc(-c3cc(Cl)cc(Cl)c3)nc12. The van der Waals surface area contributed by atoms with Gasteiger partial charge in [-0.15, -0.1) is 5.10 Å². The van der Waals surface area contributed by atoms with Gasteiger partial charge in [-0.3, -0.25) is 10.1 Å². The summed E-state index contributed by atoms with van der Waals surface area (Å²) in [6, 6.07) is 7.79. The second-order valence-corrected chi connectivity index (χ2v) is 4.89. The molecular weight excluding hydrogens is 303 g/mol. The standard InChI is InChI=1S/C12H6Cl2N4O2/c13-8-4-7(5-9(14)6-8)11-15-12-10(18(19)20)2-1-3-17(12)16-11/h1-6H. The average molecular weight is 309 g/mol. The van der Waals surface area contributed by atoms with Crippen molar-refractivity contribution in [3.05, 3.63) is 56.7 Å². The Morgan fingerprint density at radius 3 is 2.55 bits per heavy atom. The quantitative estimate of drug-likeness (QED) is 0.535. The Morgan fingerprint density at radius 1 is 1.20 bits per heavy atom. The molecule has 3 rings (SSSR count). The molecule has 0 saturated heterocycles. The van der Waals surface area contributed by atoms with Crippen LogP contribution in [0.5, 0.6) is 0 Å². The van der Waals surface area contributed by atoms with Gasteiger partial charge in [-0.05, 0) is 24.3 Å². The van der Waals surface area contributed by atoms with E-state index in [0.717, 1.165) is 0 Å². The number of nitro groups is 1. The first-order valence-electron chi connectivity index (χ1n) is 5.51. The Balaban J connectivity index is 2.23. The third-order valence-corrected chi connectivity index (χ3v) is 3.10. The number of aromatic nitrogens is 3. The minimum absolute atomic E-state index is 0.112. The molecule has 0 aliphatic rings. The third-order valence-electron chi connectivity index (χ3n) is 2.66. The number of hydrogen-bond donors (Lipinski definition) is 0. The molecule has 0 unspecified atom stereocenters. The Morgan fingerprint density at radius 2 is 1.90 bits per heavy atom. The number of fused-ring (bicyclic) bond motifs is 1. The van der Waals surface area contributed by atoms with Crippen molar-refractivity contribution in [3.63, 3.8) is 0 Å². The topological polar surface area (TPSA) is 73.3 Å². The van der Waals surface area contributed by atoms with E-state index < -0.39 is 4.92 Å². The van der Waals surface area contributed by atoms with Crippen LogP contribution in [0.3, 0.4) is 0 Å². The summed E-state index contributed by atoms with van der Waals surface area (Å²) < 4.78 is 1.35. The van der Waals surface area contributed by atoms with Gasteiger partial charge in [0.2, 0.25) is 5.65 Å². The Hall–Kier alpha value is -2.18. The van der Waals surface area contributed by atoms with Gasteiger partial charge in [0.25, 0.3) is 0 Å². The molecule has 0 atom stereocenters. The first-order valence-corrected chi connectivity index (χ1v) is 6.26. The molecule has 100 valence electrons. The number of benzene rings is 1. The van der Waals surface area contributed by atoms with E-state index in [4.69, 9.17) is 23.2 Å². The van der Waals surface area contributed by atoms with Crippen molar-refractivity contribution >= 4 is 34.5 Å². The molecule has 0 aliphatic carbocycles. The van der Waals surface area contributed by atoms with Crippen LogP contribution < -0.4 is 0 Å². The lowest BCUT2D eigenvalue weighted by Crippen LogP contribution is -1.93. The van der Waals surface area contributed by atoms with Gasteiger partial charge in [-0.25, -0.2) is 9.50 Å². The normalized spacial score (nSPS) is 10.9. The zero-order valence-corrected chi connectivity index (χ0v) is 11.3. The molecule has 2 aromatic heterocycles. The number of halogens is 2. The second-order valence-electron chi connectivity index (χ2n) is 4.01. The highest BCUT2D eigenvalue weighted by molar-refractivity contribution is 6.35. The first-order chi connectivity index (χ1) is 9.54. The maximum atomic E-state index is 11.0. The summed E-state index contributed by atoms with van der Waals surface area (Å²) in [5.41, 5.74) is 0.656. The zero-order valence-electron chi connectivity index (χ0n) is 9.83. The van der Waals surface area contributed by atoms with E-state index in [0.29, 0.717) is 21.4 Å². The molecule has 0 radical (unpaired) electrons. The molecule has 0 saturated carbocycles.